The minimum atomic E-state index is -1.79. The molecular formula is C29H48N5O9PS2. The van der Waals surface area contributed by atoms with E-state index < -0.39 is 62.4 Å². The van der Waals surface area contributed by atoms with Crippen molar-refractivity contribution in [1.29, 1.82) is 0 Å². The predicted molar refractivity (Wildman–Crippen MR) is 180 cm³/mol. The van der Waals surface area contributed by atoms with E-state index in [0.29, 0.717) is 6.42 Å². The molecule has 0 aromatic carbocycles. The first kappa shape index (κ1) is 40.1. The van der Waals surface area contributed by atoms with Crippen molar-refractivity contribution >= 4 is 42.2 Å². The van der Waals surface area contributed by atoms with E-state index in [1.165, 1.54) is 17.0 Å². The molecule has 0 radical (unpaired) electrons. The van der Waals surface area contributed by atoms with Crippen LogP contribution in [-0.4, -0.2) is 93.0 Å². The predicted octanol–water partition coefficient (Wildman–Crippen LogP) is 4.72. The van der Waals surface area contributed by atoms with Crippen molar-refractivity contribution in [2.24, 2.45) is 0 Å². The van der Waals surface area contributed by atoms with Crippen LogP contribution in [-0.2, 0) is 28.1 Å². The number of carbonyl (C=O) groups is 2. The van der Waals surface area contributed by atoms with Gasteiger partial charge in [-0.2, -0.15) is 0 Å². The molecule has 2 unspecified atom stereocenters. The number of amides is 1. The van der Waals surface area contributed by atoms with E-state index in [-0.39, 0.29) is 42.3 Å². The summed E-state index contributed by atoms with van der Waals surface area (Å²) in [4.78, 5) is 56.6. The summed E-state index contributed by atoms with van der Waals surface area (Å²) in [5.74, 6) is -0.395. The Hall–Kier alpha value is -2.12. The Bertz CT molecular complexity index is 1280. The summed E-state index contributed by atoms with van der Waals surface area (Å²) in [6.45, 7) is 25.2. The van der Waals surface area contributed by atoms with E-state index >= 15 is 0 Å². The smallest absolute Gasteiger partial charge is 0.408 e. The van der Waals surface area contributed by atoms with Crippen LogP contribution < -0.4 is 16.6 Å². The Kier molecular flexibility index (Phi) is 16.6. The van der Waals surface area contributed by atoms with Crippen molar-refractivity contribution in [3.8, 4) is 0 Å². The lowest BCUT2D eigenvalue weighted by atomic mass is 10.1. The Morgan fingerprint density at radius 1 is 1.20 bits per heavy atom. The maximum Gasteiger partial charge on any atom is 0.408 e. The average molecular weight is 706 g/mol. The van der Waals surface area contributed by atoms with Gasteiger partial charge in [0.2, 0.25) is 6.54 Å². The molecule has 0 aliphatic carbocycles. The van der Waals surface area contributed by atoms with Crippen LogP contribution in [0.1, 0.15) is 75.0 Å². The Balaban J connectivity index is 2.49. The lowest BCUT2D eigenvalue weighted by Crippen LogP contribution is -2.48. The van der Waals surface area contributed by atoms with Crippen LogP contribution in [0.5, 0.6) is 0 Å². The monoisotopic (exact) mass is 705 g/mol. The second-order valence-electron chi connectivity index (χ2n) is 11.9. The third-order valence-electron chi connectivity index (χ3n) is 6.33. The van der Waals surface area contributed by atoms with Gasteiger partial charge < -0.3 is 33.4 Å². The number of rotatable bonds is 17. The van der Waals surface area contributed by atoms with E-state index in [9.17, 15) is 19.2 Å². The van der Waals surface area contributed by atoms with Gasteiger partial charge in [-0.25, -0.2) is 25.6 Å². The number of nitrogens with zero attached hydrogens (tertiary/aromatic N) is 3. The minimum absolute atomic E-state index is 0.00413. The summed E-state index contributed by atoms with van der Waals surface area (Å²) in [5.41, 5.74) is -1.36. The van der Waals surface area contributed by atoms with Gasteiger partial charge in [0.05, 0.1) is 12.7 Å². The van der Waals surface area contributed by atoms with Crippen LogP contribution in [0.25, 0.3) is 4.85 Å². The first-order valence-electron chi connectivity index (χ1n) is 15.3. The molecule has 1 aromatic heterocycles. The van der Waals surface area contributed by atoms with Gasteiger partial charge in [-0.1, -0.05) is 49.3 Å². The van der Waals surface area contributed by atoms with E-state index in [1.54, 1.807) is 17.7 Å². The van der Waals surface area contributed by atoms with Gasteiger partial charge >= 0.3 is 17.8 Å². The highest BCUT2D eigenvalue weighted by Gasteiger charge is 2.51. The molecule has 14 nitrogen and oxygen atoms in total. The van der Waals surface area contributed by atoms with Gasteiger partial charge in [0.25, 0.3) is 14.1 Å². The quantitative estimate of drug-likeness (QED) is 0.0758. The van der Waals surface area contributed by atoms with Crippen LogP contribution in [0.15, 0.2) is 21.9 Å². The van der Waals surface area contributed by atoms with Crippen LogP contribution in [0.4, 0.5) is 4.79 Å². The number of aromatic amines is 1. The lowest BCUT2D eigenvalue weighted by Gasteiger charge is -2.38. The maximum atomic E-state index is 13.5. The van der Waals surface area contributed by atoms with E-state index in [1.807, 2.05) is 60.1 Å². The van der Waals surface area contributed by atoms with Crippen LogP contribution in [0.2, 0.25) is 0 Å². The third-order valence-corrected chi connectivity index (χ3v) is 11.8. The summed E-state index contributed by atoms with van der Waals surface area (Å²) < 4.78 is 33.2. The molecule has 0 spiro atoms. The minimum Gasteiger partial charge on any atom is -0.464 e. The second-order valence-corrected chi connectivity index (χ2v) is 16.5. The number of ether oxygens (including phenoxy) is 3. The van der Waals surface area contributed by atoms with Crippen molar-refractivity contribution in [1.82, 2.24) is 19.5 Å². The van der Waals surface area contributed by atoms with E-state index in [2.05, 4.69) is 15.1 Å². The fraction of sp³-hybridized carbons (Fsp3) is 0.759. The van der Waals surface area contributed by atoms with Gasteiger partial charge in [0.15, 0.2) is 12.3 Å². The van der Waals surface area contributed by atoms with Crippen LogP contribution in [0, 0.1) is 6.57 Å². The molecule has 1 fully saturated rings. The topological polar surface area (TPSA) is 155 Å². The summed E-state index contributed by atoms with van der Waals surface area (Å²) in [5, 5.41) is 2.62. The number of hydrogen-bond acceptors (Lipinski definition) is 12. The van der Waals surface area contributed by atoms with Gasteiger partial charge in [-0.05, 0) is 41.0 Å². The Morgan fingerprint density at radius 3 is 2.41 bits per heavy atom. The van der Waals surface area contributed by atoms with Crippen LogP contribution in [0.3, 0.4) is 0 Å². The molecule has 260 valence electrons. The van der Waals surface area contributed by atoms with E-state index in [4.69, 9.17) is 29.8 Å². The van der Waals surface area contributed by atoms with Crippen LogP contribution >= 0.6 is 30.1 Å². The fourth-order valence-electron chi connectivity index (χ4n) is 4.52. The van der Waals surface area contributed by atoms with Crippen molar-refractivity contribution in [3.63, 3.8) is 0 Å². The molecule has 1 aliphatic heterocycles. The Morgan fingerprint density at radius 2 is 1.87 bits per heavy atom. The highest BCUT2D eigenvalue weighted by Crippen LogP contribution is 2.50. The SMILES string of the molecule is [C-]#[N+]CCOP(OC1[C@@H](CC)O[C@@H](n2ccc(=O)[nH]c2=O)[C@H]1OC(=O)N[C@@H](CSSC(C)(C)C)C(=O)OCC)N(C(C)C)C(C)C. The van der Waals surface area contributed by atoms with Crippen molar-refractivity contribution in [2.45, 2.75) is 116 Å². The molecule has 1 aromatic rings. The Labute approximate surface area is 280 Å². The van der Waals surface area contributed by atoms with E-state index in [0.717, 1.165) is 10.6 Å². The zero-order valence-corrected chi connectivity index (χ0v) is 30.5. The molecule has 1 aliphatic rings. The molecule has 0 saturated carbocycles. The molecule has 17 heteroatoms. The molecule has 6 atom stereocenters. The van der Waals surface area contributed by atoms with Crippen molar-refractivity contribution in [2.75, 3.05) is 25.5 Å². The molecule has 2 rings (SSSR count). The summed E-state index contributed by atoms with van der Waals surface area (Å²) >= 11 is 0. The lowest BCUT2D eigenvalue weighted by molar-refractivity contribution is -0.144. The first-order chi connectivity index (χ1) is 21.6. The zero-order valence-electron chi connectivity index (χ0n) is 28.0. The molecule has 2 heterocycles. The van der Waals surface area contributed by atoms with Gasteiger partial charge in [-0.15, -0.1) is 0 Å². The molecule has 46 heavy (non-hydrogen) atoms. The average Bonchev–Trinajstić information content (AvgIpc) is 3.27. The van der Waals surface area contributed by atoms with Crippen molar-refractivity contribution in [3.05, 3.63) is 44.5 Å². The molecule has 1 amide bonds. The normalized spacial score (nSPS) is 21.3. The third kappa shape index (κ3) is 12.2. The number of aromatic nitrogens is 2. The highest BCUT2D eigenvalue weighted by atomic mass is 33.1. The highest BCUT2D eigenvalue weighted by molar-refractivity contribution is 8.77. The summed E-state index contributed by atoms with van der Waals surface area (Å²) in [6, 6.07) is 0.139. The number of hydrogen-bond donors (Lipinski definition) is 2. The van der Waals surface area contributed by atoms with Gasteiger partial charge in [0.1, 0.15) is 18.8 Å². The number of alkyl carbamates (subject to hydrolysis) is 1. The van der Waals surface area contributed by atoms with Gasteiger partial charge in [-0.3, -0.25) is 14.3 Å². The summed E-state index contributed by atoms with van der Waals surface area (Å²) in [6.07, 6.45) is -3.22. The number of nitrogens with one attached hydrogen (secondary N) is 2. The maximum absolute atomic E-state index is 13.5. The van der Waals surface area contributed by atoms with Crippen molar-refractivity contribution < 1.29 is 32.8 Å². The first-order valence-corrected chi connectivity index (χ1v) is 18.7. The number of esters is 1. The molecule has 1 saturated heterocycles. The van der Waals surface area contributed by atoms with Gasteiger partial charge in [0, 0.05) is 34.8 Å². The number of carbonyl (C=O) groups excluding carboxylic acids is 2. The molecule has 0 bridgehead atoms. The number of H-pyrrole nitrogens is 1. The second kappa shape index (κ2) is 19.0. The molecule has 2 N–H and O–H groups in total. The standard InChI is InChI=1S/C29H48N5O9PS2/c1-11-21-23(43-44(40-16-14-30-10)34(18(3)4)19(5)6)24(25(41-21)33-15-13-22(35)32-27(33)37)42-28(38)31-20(26(36)39-12-2)17-45-46-29(7,8)9/h13,15,18-21,23-25H,11-12,14,16-17H2,1-9H3,(H,31,38)(H,32,35,37)/t20-,21+,23?,24-,25+,44?/m0/s1. The largest absolute Gasteiger partial charge is 0.464 e. The zero-order chi connectivity index (χ0) is 34.6. The molecular weight excluding hydrogens is 657 g/mol. The summed E-state index contributed by atoms with van der Waals surface area (Å²) in [7, 11) is 1.19. The fourth-order valence-corrected chi connectivity index (χ4v) is 8.73.